The number of hydrogen-bond donors (Lipinski definition) is 0. The summed E-state index contributed by atoms with van der Waals surface area (Å²) in [6, 6.07) is 0. The first-order valence-corrected chi connectivity index (χ1v) is 2.61. The second kappa shape index (κ2) is 1.99. The van der Waals surface area contributed by atoms with Crippen LogP contribution in [0.5, 0.6) is 0 Å². The molecule has 0 atom stereocenters. The Morgan fingerprint density at radius 1 is 1.88 bits per heavy atom. The Balaban J connectivity index is 2.54. The number of nitrogens with zero attached hydrogens (tertiary/aromatic N) is 1. The van der Waals surface area contributed by atoms with Gasteiger partial charge in [-0.2, -0.15) is 0 Å². The zero-order chi connectivity index (χ0) is 5.98. The first-order valence-electron chi connectivity index (χ1n) is 2.61. The fraction of sp³-hybridized carbons (Fsp3) is 0.333. The van der Waals surface area contributed by atoms with Crippen LogP contribution in [0.1, 0.15) is 12.8 Å². The molecule has 1 fully saturated rings. The SMILES string of the molecule is C=CN1[CH]CCC1=O. The summed E-state index contributed by atoms with van der Waals surface area (Å²) >= 11 is 0. The van der Waals surface area contributed by atoms with Crippen molar-refractivity contribution in [1.82, 2.24) is 4.90 Å². The van der Waals surface area contributed by atoms with E-state index in [1.165, 1.54) is 11.1 Å². The number of hydrogen-bond acceptors (Lipinski definition) is 1. The Bertz CT molecular complexity index is 120. The minimum absolute atomic E-state index is 0.153. The largest absolute Gasteiger partial charge is 0.315 e. The van der Waals surface area contributed by atoms with Crippen molar-refractivity contribution in [3.05, 3.63) is 19.3 Å². The molecule has 1 heterocycles. The Morgan fingerprint density at radius 3 is 2.88 bits per heavy atom. The van der Waals surface area contributed by atoms with Crippen molar-refractivity contribution >= 4 is 5.91 Å². The molecule has 0 aromatic heterocycles. The van der Waals surface area contributed by atoms with Gasteiger partial charge in [-0.1, -0.05) is 6.58 Å². The van der Waals surface area contributed by atoms with Crippen molar-refractivity contribution in [3.63, 3.8) is 0 Å². The summed E-state index contributed by atoms with van der Waals surface area (Å²) in [5.74, 6) is 0.153. The molecular weight excluding hydrogens is 102 g/mol. The molecule has 43 valence electrons. The Kier molecular flexibility index (Phi) is 1.33. The number of likely N-dealkylation sites (tertiary alicyclic amines) is 1. The van der Waals surface area contributed by atoms with Gasteiger partial charge in [0.25, 0.3) is 0 Å². The average Bonchev–Trinajstić information content (AvgIpc) is 2.14. The van der Waals surface area contributed by atoms with E-state index in [0.717, 1.165) is 6.42 Å². The van der Waals surface area contributed by atoms with Gasteiger partial charge in [-0.05, 0) is 12.6 Å². The van der Waals surface area contributed by atoms with Gasteiger partial charge in [0.2, 0.25) is 5.91 Å². The van der Waals surface area contributed by atoms with Crippen molar-refractivity contribution in [2.75, 3.05) is 0 Å². The number of carbonyl (C=O) groups is 1. The highest BCUT2D eigenvalue weighted by Gasteiger charge is 2.16. The van der Waals surface area contributed by atoms with Crippen molar-refractivity contribution in [3.8, 4) is 0 Å². The van der Waals surface area contributed by atoms with E-state index < -0.39 is 0 Å². The number of rotatable bonds is 1. The van der Waals surface area contributed by atoms with Gasteiger partial charge in [0.1, 0.15) is 0 Å². The molecule has 0 bridgehead atoms. The van der Waals surface area contributed by atoms with Crippen LogP contribution in [0.15, 0.2) is 12.8 Å². The molecule has 1 saturated heterocycles. The molecule has 1 amide bonds. The maximum atomic E-state index is 10.6. The minimum Gasteiger partial charge on any atom is -0.315 e. The minimum atomic E-state index is 0.153. The van der Waals surface area contributed by atoms with Crippen molar-refractivity contribution in [2.45, 2.75) is 12.8 Å². The van der Waals surface area contributed by atoms with Gasteiger partial charge in [-0.15, -0.1) is 0 Å². The maximum absolute atomic E-state index is 10.6. The Hall–Kier alpha value is -0.790. The van der Waals surface area contributed by atoms with E-state index in [4.69, 9.17) is 0 Å². The molecule has 0 saturated carbocycles. The van der Waals surface area contributed by atoms with Crippen LogP contribution in [0.25, 0.3) is 0 Å². The van der Waals surface area contributed by atoms with E-state index in [2.05, 4.69) is 6.58 Å². The van der Waals surface area contributed by atoms with Crippen molar-refractivity contribution in [2.24, 2.45) is 0 Å². The number of carbonyl (C=O) groups excluding carboxylic acids is 1. The molecule has 0 aromatic carbocycles. The van der Waals surface area contributed by atoms with Gasteiger partial charge in [0.05, 0.1) is 6.54 Å². The number of amides is 1. The van der Waals surface area contributed by atoms with E-state index in [0.29, 0.717) is 6.42 Å². The zero-order valence-corrected chi connectivity index (χ0v) is 4.63. The van der Waals surface area contributed by atoms with Crippen LogP contribution in [0.4, 0.5) is 0 Å². The molecule has 0 aromatic rings. The molecular formula is C6H8NO. The van der Waals surface area contributed by atoms with Crippen LogP contribution in [0.2, 0.25) is 0 Å². The van der Waals surface area contributed by atoms with Crippen molar-refractivity contribution in [1.29, 1.82) is 0 Å². The molecule has 0 aliphatic carbocycles. The van der Waals surface area contributed by atoms with E-state index in [1.54, 1.807) is 0 Å². The van der Waals surface area contributed by atoms with Gasteiger partial charge >= 0.3 is 0 Å². The average molecular weight is 110 g/mol. The summed E-state index contributed by atoms with van der Waals surface area (Å²) in [6.45, 7) is 5.31. The predicted molar refractivity (Wildman–Crippen MR) is 30.6 cm³/mol. The summed E-state index contributed by atoms with van der Waals surface area (Å²) in [5.41, 5.74) is 0. The van der Waals surface area contributed by atoms with Crippen LogP contribution in [0.3, 0.4) is 0 Å². The molecule has 0 spiro atoms. The van der Waals surface area contributed by atoms with Gasteiger partial charge < -0.3 is 4.90 Å². The van der Waals surface area contributed by atoms with E-state index in [9.17, 15) is 4.79 Å². The third-order valence-electron chi connectivity index (χ3n) is 1.17. The molecule has 2 nitrogen and oxygen atoms in total. The molecule has 1 radical (unpaired) electrons. The van der Waals surface area contributed by atoms with Crippen LogP contribution in [-0.4, -0.2) is 10.8 Å². The van der Waals surface area contributed by atoms with Crippen LogP contribution in [-0.2, 0) is 4.79 Å². The third-order valence-corrected chi connectivity index (χ3v) is 1.17. The first-order chi connectivity index (χ1) is 3.84. The van der Waals surface area contributed by atoms with Crippen LogP contribution < -0.4 is 0 Å². The normalized spacial score (nSPS) is 19.5. The maximum Gasteiger partial charge on any atom is 0.226 e. The molecule has 1 aliphatic heterocycles. The quantitative estimate of drug-likeness (QED) is 0.491. The lowest BCUT2D eigenvalue weighted by Gasteiger charge is -2.04. The third kappa shape index (κ3) is 0.735. The summed E-state index contributed by atoms with van der Waals surface area (Å²) in [5, 5.41) is 0. The van der Waals surface area contributed by atoms with Gasteiger partial charge in [-0.25, -0.2) is 0 Å². The standard InChI is InChI=1S/C6H8NO/c1-2-7-5-3-4-6(7)8/h2,5H,1,3-4H2. The lowest BCUT2D eigenvalue weighted by molar-refractivity contribution is -0.124. The van der Waals surface area contributed by atoms with Crippen molar-refractivity contribution < 1.29 is 4.79 Å². The Morgan fingerprint density at radius 2 is 2.62 bits per heavy atom. The summed E-state index contributed by atoms with van der Waals surface area (Å²) in [6.07, 6.45) is 3.05. The molecule has 8 heavy (non-hydrogen) atoms. The second-order valence-electron chi connectivity index (χ2n) is 1.70. The van der Waals surface area contributed by atoms with Crippen LogP contribution in [0, 0.1) is 6.54 Å². The van der Waals surface area contributed by atoms with E-state index >= 15 is 0 Å². The topological polar surface area (TPSA) is 20.3 Å². The van der Waals surface area contributed by atoms with Gasteiger partial charge in [0.15, 0.2) is 0 Å². The summed E-state index contributed by atoms with van der Waals surface area (Å²) in [4.78, 5) is 12.2. The molecule has 2 heteroatoms. The predicted octanol–water partition coefficient (Wildman–Crippen LogP) is 0.914. The smallest absolute Gasteiger partial charge is 0.226 e. The van der Waals surface area contributed by atoms with Crippen LogP contribution >= 0.6 is 0 Å². The fourth-order valence-electron chi connectivity index (χ4n) is 0.734. The molecule has 1 aliphatic rings. The fourth-order valence-corrected chi connectivity index (χ4v) is 0.734. The van der Waals surface area contributed by atoms with Gasteiger partial charge in [0, 0.05) is 6.42 Å². The lowest BCUT2D eigenvalue weighted by Crippen LogP contribution is -2.13. The summed E-state index contributed by atoms with van der Waals surface area (Å²) < 4.78 is 0. The Labute approximate surface area is 48.8 Å². The molecule has 0 N–H and O–H groups in total. The first kappa shape index (κ1) is 5.35. The molecule has 0 unspecified atom stereocenters. The van der Waals surface area contributed by atoms with E-state index in [1.807, 2.05) is 6.54 Å². The zero-order valence-electron chi connectivity index (χ0n) is 4.63. The monoisotopic (exact) mass is 110 g/mol. The molecule has 1 rings (SSSR count). The highest BCUT2D eigenvalue weighted by atomic mass is 16.2. The summed E-state index contributed by atoms with van der Waals surface area (Å²) in [7, 11) is 0. The highest BCUT2D eigenvalue weighted by Crippen LogP contribution is 2.12. The lowest BCUT2D eigenvalue weighted by atomic mass is 10.4. The van der Waals surface area contributed by atoms with Gasteiger partial charge in [-0.3, -0.25) is 4.79 Å². The van der Waals surface area contributed by atoms with E-state index in [-0.39, 0.29) is 5.91 Å². The highest BCUT2D eigenvalue weighted by molar-refractivity contribution is 5.80. The second-order valence-corrected chi connectivity index (χ2v) is 1.70.